The Morgan fingerprint density at radius 3 is 2.62 bits per heavy atom. The van der Waals surface area contributed by atoms with Crippen molar-refractivity contribution in [2.24, 2.45) is 0 Å². The Hall–Kier alpha value is -1.60. The van der Waals surface area contributed by atoms with Gasteiger partial charge in [-0.2, -0.15) is 0 Å². The molecule has 1 amide bonds. The van der Waals surface area contributed by atoms with Crippen LogP contribution in [0.1, 0.15) is 27.0 Å². The third kappa shape index (κ3) is 4.76. The predicted octanol–water partition coefficient (Wildman–Crippen LogP) is 6.01. The number of aryl methyl sites for hydroxylation is 2. The summed E-state index contributed by atoms with van der Waals surface area (Å²) in [5.74, 6) is 0.502. The van der Waals surface area contributed by atoms with Gasteiger partial charge in [0.15, 0.2) is 4.34 Å². The van der Waals surface area contributed by atoms with E-state index in [0.717, 1.165) is 21.0 Å². The van der Waals surface area contributed by atoms with Crippen molar-refractivity contribution in [3.05, 3.63) is 68.7 Å². The molecule has 4 nitrogen and oxygen atoms in total. The second-order valence-corrected chi connectivity index (χ2v) is 8.68. The van der Waals surface area contributed by atoms with Crippen molar-refractivity contribution in [3.8, 4) is 0 Å². The van der Waals surface area contributed by atoms with Gasteiger partial charge in [-0.3, -0.25) is 10.1 Å². The minimum absolute atomic E-state index is 0.190. The van der Waals surface area contributed by atoms with Crippen LogP contribution < -0.4 is 5.32 Å². The maximum atomic E-state index is 12.3. The topological polar surface area (TPSA) is 54.9 Å². The number of hydrogen-bond acceptors (Lipinski definition) is 5. The predicted molar refractivity (Wildman–Crippen MR) is 110 cm³/mol. The van der Waals surface area contributed by atoms with Crippen LogP contribution in [0.5, 0.6) is 0 Å². The summed E-state index contributed by atoms with van der Waals surface area (Å²) < 4.78 is 0.770. The number of carbonyl (C=O) groups is 1. The molecule has 26 heavy (non-hydrogen) atoms. The number of benzene rings is 2. The zero-order chi connectivity index (χ0) is 18.7. The smallest absolute Gasteiger partial charge is 0.257 e. The normalized spacial score (nSPS) is 10.8. The van der Waals surface area contributed by atoms with E-state index in [1.165, 1.54) is 23.1 Å². The van der Waals surface area contributed by atoms with Gasteiger partial charge in [0, 0.05) is 11.3 Å². The molecule has 0 bridgehead atoms. The van der Waals surface area contributed by atoms with Crippen LogP contribution >= 0.6 is 46.3 Å². The standard InChI is InChI=1S/C18H15Cl2N3OS2/c1-10-3-5-13(7-11(10)2)16(24)21-17-22-23-18(26-17)25-9-12-4-6-14(19)15(20)8-12/h3-8H,9H2,1-2H3,(H,21,22,24). The summed E-state index contributed by atoms with van der Waals surface area (Å²) in [4.78, 5) is 12.3. The van der Waals surface area contributed by atoms with E-state index in [1.54, 1.807) is 12.1 Å². The van der Waals surface area contributed by atoms with Crippen molar-refractivity contribution in [1.82, 2.24) is 10.2 Å². The Morgan fingerprint density at radius 1 is 1.08 bits per heavy atom. The highest BCUT2D eigenvalue weighted by molar-refractivity contribution is 8.00. The van der Waals surface area contributed by atoms with Crippen LogP contribution in [0.25, 0.3) is 0 Å². The summed E-state index contributed by atoms with van der Waals surface area (Å²) >= 11 is 14.8. The summed E-state index contributed by atoms with van der Waals surface area (Å²) in [6.07, 6.45) is 0. The molecule has 1 N–H and O–H groups in total. The van der Waals surface area contributed by atoms with Crippen LogP contribution in [0.3, 0.4) is 0 Å². The van der Waals surface area contributed by atoms with Gasteiger partial charge in [0.1, 0.15) is 0 Å². The van der Waals surface area contributed by atoms with E-state index in [9.17, 15) is 4.79 Å². The number of aromatic nitrogens is 2. The first-order valence-corrected chi connectivity index (χ1v) is 10.3. The Morgan fingerprint density at radius 2 is 1.88 bits per heavy atom. The molecule has 0 aliphatic carbocycles. The van der Waals surface area contributed by atoms with Gasteiger partial charge in [0.2, 0.25) is 5.13 Å². The third-order valence-corrected chi connectivity index (χ3v) is 6.52. The maximum Gasteiger partial charge on any atom is 0.257 e. The van der Waals surface area contributed by atoms with Crippen molar-refractivity contribution >= 4 is 57.3 Å². The number of amides is 1. The Balaban J connectivity index is 1.61. The molecule has 0 atom stereocenters. The van der Waals surface area contributed by atoms with Crippen LogP contribution in [0.4, 0.5) is 5.13 Å². The second-order valence-electron chi connectivity index (χ2n) is 5.66. The first-order valence-electron chi connectivity index (χ1n) is 7.71. The summed E-state index contributed by atoms with van der Waals surface area (Å²) in [5.41, 5.74) is 3.87. The fourth-order valence-corrected chi connectivity index (χ4v) is 4.16. The molecule has 2 aromatic carbocycles. The molecule has 0 fully saturated rings. The lowest BCUT2D eigenvalue weighted by atomic mass is 10.1. The highest BCUT2D eigenvalue weighted by Crippen LogP contribution is 2.30. The van der Waals surface area contributed by atoms with Crippen LogP contribution in [0.15, 0.2) is 40.7 Å². The zero-order valence-corrected chi connectivity index (χ0v) is 17.2. The number of hydrogen-bond donors (Lipinski definition) is 1. The molecule has 0 aliphatic rings. The zero-order valence-electron chi connectivity index (χ0n) is 14.0. The van der Waals surface area contributed by atoms with Crippen molar-refractivity contribution in [2.45, 2.75) is 23.9 Å². The van der Waals surface area contributed by atoms with Crippen LogP contribution in [0, 0.1) is 13.8 Å². The molecule has 0 spiro atoms. The lowest BCUT2D eigenvalue weighted by Gasteiger charge is -2.04. The largest absolute Gasteiger partial charge is 0.296 e. The van der Waals surface area contributed by atoms with Crippen molar-refractivity contribution in [2.75, 3.05) is 5.32 Å². The third-order valence-electron chi connectivity index (χ3n) is 3.74. The van der Waals surface area contributed by atoms with E-state index in [0.29, 0.717) is 26.5 Å². The number of carbonyl (C=O) groups excluding carboxylic acids is 1. The summed E-state index contributed by atoms with van der Waals surface area (Å²) in [6, 6.07) is 11.1. The van der Waals surface area contributed by atoms with E-state index in [4.69, 9.17) is 23.2 Å². The first-order chi connectivity index (χ1) is 12.4. The van der Waals surface area contributed by atoms with E-state index < -0.39 is 0 Å². The molecule has 3 rings (SSSR count). The van der Waals surface area contributed by atoms with Crippen LogP contribution in [-0.2, 0) is 5.75 Å². The Bertz CT molecular complexity index is 959. The molecule has 134 valence electrons. The number of nitrogens with zero attached hydrogens (tertiary/aromatic N) is 2. The van der Waals surface area contributed by atoms with Gasteiger partial charge in [0.25, 0.3) is 5.91 Å². The van der Waals surface area contributed by atoms with Crippen LogP contribution in [0.2, 0.25) is 10.0 Å². The van der Waals surface area contributed by atoms with Gasteiger partial charge < -0.3 is 0 Å². The number of thioether (sulfide) groups is 1. The average molecular weight is 424 g/mol. The molecular formula is C18H15Cl2N3OS2. The molecule has 1 aromatic heterocycles. The average Bonchev–Trinajstić information content (AvgIpc) is 3.05. The molecule has 0 radical (unpaired) electrons. The number of nitrogens with one attached hydrogen (secondary N) is 1. The summed E-state index contributed by atoms with van der Waals surface area (Å²) in [6.45, 7) is 3.99. The fraction of sp³-hybridized carbons (Fsp3) is 0.167. The van der Waals surface area contributed by atoms with E-state index >= 15 is 0 Å². The molecule has 3 aromatic rings. The van der Waals surface area contributed by atoms with Gasteiger partial charge in [-0.15, -0.1) is 10.2 Å². The Kier molecular flexibility index (Phi) is 6.19. The van der Waals surface area contributed by atoms with Crippen molar-refractivity contribution in [3.63, 3.8) is 0 Å². The van der Waals surface area contributed by atoms with Crippen molar-refractivity contribution in [1.29, 1.82) is 0 Å². The van der Waals surface area contributed by atoms with Gasteiger partial charge in [-0.05, 0) is 54.8 Å². The second kappa shape index (κ2) is 8.39. The SMILES string of the molecule is Cc1ccc(C(=O)Nc2nnc(SCc3ccc(Cl)c(Cl)c3)s2)cc1C. The maximum absolute atomic E-state index is 12.3. The molecule has 0 saturated carbocycles. The van der Waals surface area contributed by atoms with Crippen LogP contribution in [-0.4, -0.2) is 16.1 Å². The molecule has 8 heteroatoms. The van der Waals surface area contributed by atoms with E-state index in [-0.39, 0.29) is 5.91 Å². The van der Waals surface area contributed by atoms with Gasteiger partial charge in [-0.25, -0.2) is 0 Å². The fourth-order valence-electron chi connectivity index (χ4n) is 2.15. The molecule has 0 aliphatic heterocycles. The first kappa shape index (κ1) is 19.2. The molecule has 0 unspecified atom stereocenters. The number of rotatable bonds is 5. The van der Waals surface area contributed by atoms with Gasteiger partial charge in [0.05, 0.1) is 10.0 Å². The number of anilines is 1. The van der Waals surface area contributed by atoms with Gasteiger partial charge in [-0.1, -0.05) is 58.4 Å². The minimum Gasteiger partial charge on any atom is -0.296 e. The summed E-state index contributed by atoms with van der Waals surface area (Å²) in [7, 11) is 0. The minimum atomic E-state index is -0.190. The monoisotopic (exact) mass is 423 g/mol. The molecule has 0 saturated heterocycles. The lowest BCUT2D eigenvalue weighted by Crippen LogP contribution is -2.12. The Labute approximate surface area is 169 Å². The van der Waals surface area contributed by atoms with Crippen molar-refractivity contribution < 1.29 is 4.79 Å². The molecular weight excluding hydrogens is 409 g/mol. The molecule has 1 heterocycles. The summed E-state index contributed by atoms with van der Waals surface area (Å²) in [5, 5.41) is 12.5. The van der Waals surface area contributed by atoms with Gasteiger partial charge >= 0.3 is 0 Å². The quantitative estimate of drug-likeness (QED) is 0.403. The highest BCUT2D eigenvalue weighted by Gasteiger charge is 2.11. The van der Waals surface area contributed by atoms with E-state index in [1.807, 2.05) is 38.1 Å². The lowest BCUT2D eigenvalue weighted by molar-refractivity contribution is 0.102. The highest BCUT2D eigenvalue weighted by atomic mass is 35.5. The van der Waals surface area contributed by atoms with E-state index in [2.05, 4.69) is 15.5 Å². The number of halogens is 2.